The molecule has 0 saturated heterocycles. The van der Waals surface area contributed by atoms with Crippen LogP contribution in [-0.2, 0) is 4.79 Å². The van der Waals surface area contributed by atoms with Gasteiger partial charge in [-0.2, -0.15) is 0 Å². The summed E-state index contributed by atoms with van der Waals surface area (Å²) in [6, 6.07) is 7.44. The Balaban J connectivity index is 2.40. The number of hydrogen-bond acceptors (Lipinski definition) is 4. The number of hydrogen-bond donors (Lipinski definition) is 2. The molecular weight excluding hydrogens is 218 g/mol. The van der Waals surface area contributed by atoms with Gasteiger partial charge in [0.2, 0.25) is 0 Å². The summed E-state index contributed by atoms with van der Waals surface area (Å²) in [7, 11) is 1.59. The van der Waals surface area contributed by atoms with Crippen molar-refractivity contribution in [2.75, 3.05) is 7.11 Å². The predicted molar refractivity (Wildman–Crippen MR) is 65.0 cm³/mol. The van der Waals surface area contributed by atoms with Crippen LogP contribution in [0.4, 0.5) is 0 Å². The summed E-state index contributed by atoms with van der Waals surface area (Å²) < 4.78 is 5.23. The van der Waals surface area contributed by atoms with E-state index in [1.54, 1.807) is 19.7 Å². The van der Waals surface area contributed by atoms with Crippen LogP contribution in [-0.4, -0.2) is 18.9 Å². The van der Waals surface area contributed by atoms with E-state index in [9.17, 15) is 4.79 Å². The molecule has 0 atom stereocenters. The average Bonchev–Trinajstić information content (AvgIpc) is 2.39. The number of ether oxygens (including phenoxy) is 1. The first-order chi connectivity index (χ1) is 8.22. The molecule has 5 nitrogen and oxygen atoms in total. The minimum absolute atomic E-state index is 0.119. The Kier molecular flexibility index (Phi) is 3.09. The zero-order valence-corrected chi connectivity index (χ0v) is 9.31. The van der Waals surface area contributed by atoms with Crippen molar-refractivity contribution in [2.24, 2.45) is 10.7 Å². The second kappa shape index (κ2) is 4.69. The smallest absolute Gasteiger partial charge is 0.284 e. The topological polar surface area (TPSA) is 76.7 Å². The third-order valence-corrected chi connectivity index (χ3v) is 2.31. The molecule has 0 aromatic heterocycles. The van der Waals surface area contributed by atoms with Gasteiger partial charge in [-0.05, 0) is 18.2 Å². The van der Waals surface area contributed by atoms with Gasteiger partial charge in [0.15, 0.2) is 5.84 Å². The van der Waals surface area contributed by atoms with Gasteiger partial charge in [0.1, 0.15) is 5.75 Å². The van der Waals surface area contributed by atoms with Crippen LogP contribution in [0, 0.1) is 6.54 Å². The zero-order chi connectivity index (χ0) is 12.3. The van der Waals surface area contributed by atoms with E-state index in [1.807, 2.05) is 24.3 Å². The Hall–Kier alpha value is -2.30. The van der Waals surface area contributed by atoms with E-state index in [1.165, 1.54) is 0 Å². The van der Waals surface area contributed by atoms with Gasteiger partial charge < -0.3 is 15.8 Å². The van der Waals surface area contributed by atoms with E-state index in [4.69, 9.17) is 10.5 Å². The lowest BCUT2D eigenvalue weighted by molar-refractivity contribution is -0.112. The Labute approximate surface area is 99.0 Å². The van der Waals surface area contributed by atoms with Crippen LogP contribution < -0.4 is 15.8 Å². The average molecular weight is 230 g/mol. The first-order valence-corrected chi connectivity index (χ1v) is 5.04. The number of benzene rings is 1. The lowest BCUT2D eigenvalue weighted by Gasteiger charge is -2.14. The fourth-order valence-electron chi connectivity index (χ4n) is 1.52. The Morgan fingerprint density at radius 3 is 2.88 bits per heavy atom. The van der Waals surface area contributed by atoms with Crippen molar-refractivity contribution in [1.82, 2.24) is 5.32 Å². The molecule has 2 rings (SSSR count). The van der Waals surface area contributed by atoms with Crippen LogP contribution in [0.1, 0.15) is 5.56 Å². The van der Waals surface area contributed by atoms with Gasteiger partial charge in [0.25, 0.3) is 5.91 Å². The standard InChI is InChI=1S/C12H12N3O2/c1-17-10-5-3-2-4-8(10)9-6-7-14-12(15-9)11(13)16/h2-7H,1H3,(H2,13,16)(H,14,15). The van der Waals surface area contributed by atoms with Crippen LogP contribution in [0.2, 0.25) is 0 Å². The number of carbonyl (C=O) groups excluding carboxylic acids is 1. The third-order valence-electron chi connectivity index (χ3n) is 2.31. The van der Waals surface area contributed by atoms with Crippen molar-refractivity contribution < 1.29 is 9.53 Å². The normalized spacial score (nSPS) is 14.4. The highest BCUT2D eigenvalue weighted by Crippen LogP contribution is 2.27. The molecular formula is C12H12N3O2. The molecule has 0 fully saturated rings. The van der Waals surface area contributed by atoms with Crippen molar-refractivity contribution in [3.05, 3.63) is 42.4 Å². The highest BCUT2D eigenvalue weighted by atomic mass is 16.5. The number of primary amides is 1. The number of carbonyl (C=O) groups is 1. The summed E-state index contributed by atoms with van der Waals surface area (Å²) in [5.41, 5.74) is 6.61. The molecule has 1 heterocycles. The van der Waals surface area contributed by atoms with Gasteiger partial charge in [0.05, 0.1) is 19.4 Å². The molecule has 87 valence electrons. The first kappa shape index (κ1) is 11.2. The highest BCUT2D eigenvalue weighted by Gasteiger charge is 2.15. The number of nitrogens with one attached hydrogen (secondary N) is 1. The minimum atomic E-state index is -0.596. The lowest BCUT2D eigenvalue weighted by Crippen LogP contribution is -2.36. The van der Waals surface area contributed by atoms with Crippen molar-refractivity contribution >= 4 is 17.4 Å². The molecule has 1 aromatic carbocycles. The summed E-state index contributed by atoms with van der Waals surface area (Å²) in [4.78, 5) is 15.2. The number of methoxy groups -OCH3 is 1. The second-order valence-corrected chi connectivity index (χ2v) is 3.39. The van der Waals surface area contributed by atoms with Crippen LogP contribution in [0.25, 0.3) is 5.70 Å². The van der Waals surface area contributed by atoms with Crippen LogP contribution in [0.15, 0.2) is 35.3 Å². The first-order valence-electron chi connectivity index (χ1n) is 5.04. The largest absolute Gasteiger partial charge is 0.496 e. The van der Waals surface area contributed by atoms with Crippen LogP contribution in [0.3, 0.4) is 0 Å². The molecule has 0 aliphatic carbocycles. The fourth-order valence-corrected chi connectivity index (χ4v) is 1.52. The molecule has 3 N–H and O–H groups in total. The van der Waals surface area contributed by atoms with Crippen LogP contribution in [0.5, 0.6) is 5.75 Å². The molecule has 1 amide bonds. The highest BCUT2D eigenvalue weighted by molar-refractivity contribution is 6.38. The number of rotatable bonds is 3. The van der Waals surface area contributed by atoms with Crippen LogP contribution >= 0.6 is 0 Å². The molecule has 1 radical (unpaired) electrons. The Bertz CT molecular complexity index is 506. The van der Waals surface area contributed by atoms with E-state index in [0.29, 0.717) is 11.4 Å². The Morgan fingerprint density at radius 2 is 2.18 bits per heavy atom. The van der Waals surface area contributed by atoms with E-state index in [-0.39, 0.29) is 5.84 Å². The van der Waals surface area contributed by atoms with Gasteiger partial charge in [-0.3, -0.25) is 4.79 Å². The monoisotopic (exact) mass is 230 g/mol. The van der Waals surface area contributed by atoms with E-state index < -0.39 is 5.91 Å². The molecule has 0 bridgehead atoms. The zero-order valence-electron chi connectivity index (χ0n) is 9.31. The molecule has 0 unspecified atom stereocenters. The number of nitrogens with two attached hydrogens (primary N) is 1. The molecule has 1 aromatic rings. The number of para-hydroxylation sites is 1. The van der Waals surface area contributed by atoms with Crippen molar-refractivity contribution in [3.63, 3.8) is 0 Å². The molecule has 17 heavy (non-hydrogen) atoms. The number of amides is 1. The maximum atomic E-state index is 11.0. The summed E-state index contributed by atoms with van der Waals surface area (Å²) in [6.45, 7) is 1.62. The van der Waals surface area contributed by atoms with E-state index in [0.717, 1.165) is 5.56 Å². The SMILES string of the molecule is COc1ccccc1C1=C[CH]NC(C(N)=O)=N1. The molecule has 5 heteroatoms. The summed E-state index contributed by atoms with van der Waals surface area (Å²) in [5.74, 6) is 0.219. The maximum Gasteiger partial charge on any atom is 0.284 e. The van der Waals surface area contributed by atoms with Crippen molar-refractivity contribution in [2.45, 2.75) is 0 Å². The molecule has 1 aliphatic rings. The number of amidine groups is 1. The van der Waals surface area contributed by atoms with Gasteiger partial charge in [-0.15, -0.1) is 0 Å². The molecule has 1 aliphatic heterocycles. The third kappa shape index (κ3) is 2.28. The van der Waals surface area contributed by atoms with Crippen molar-refractivity contribution in [1.29, 1.82) is 0 Å². The number of aliphatic imine (C=N–C) groups is 1. The van der Waals surface area contributed by atoms with Gasteiger partial charge in [0, 0.05) is 5.56 Å². The number of nitrogens with zero attached hydrogens (tertiary/aromatic N) is 1. The quantitative estimate of drug-likeness (QED) is 0.801. The predicted octanol–water partition coefficient (Wildman–Crippen LogP) is 0.685. The second-order valence-electron chi connectivity index (χ2n) is 3.39. The lowest BCUT2D eigenvalue weighted by atomic mass is 10.1. The Morgan fingerprint density at radius 1 is 1.41 bits per heavy atom. The van der Waals surface area contributed by atoms with Gasteiger partial charge >= 0.3 is 0 Å². The van der Waals surface area contributed by atoms with Crippen molar-refractivity contribution in [3.8, 4) is 5.75 Å². The summed E-state index contributed by atoms with van der Waals surface area (Å²) >= 11 is 0. The summed E-state index contributed by atoms with van der Waals surface area (Å²) in [6.07, 6.45) is 1.75. The van der Waals surface area contributed by atoms with E-state index >= 15 is 0 Å². The van der Waals surface area contributed by atoms with Gasteiger partial charge in [-0.1, -0.05) is 12.1 Å². The minimum Gasteiger partial charge on any atom is -0.496 e. The summed E-state index contributed by atoms with van der Waals surface area (Å²) in [5, 5.41) is 2.69. The van der Waals surface area contributed by atoms with E-state index in [2.05, 4.69) is 10.3 Å². The molecule has 0 saturated carbocycles. The molecule has 0 spiro atoms. The maximum absolute atomic E-state index is 11.0. The fraction of sp³-hybridized carbons (Fsp3) is 0.0833. The van der Waals surface area contributed by atoms with Gasteiger partial charge in [-0.25, -0.2) is 4.99 Å².